The van der Waals surface area contributed by atoms with Crippen molar-refractivity contribution >= 4 is 28.5 Å². The van der Waals surface area contributed by atoms with Gasteiger partial charge in [0.05, 0.1) is 11.6 Å². The lowest BCUT2D eigenvalue weighted by atomic mass is 10.1. The van der Waals surface area contributed by atoms with Crippen molar-refractivity contribution in [2.75, 3.05) is 26.3 Å². The summed E-state index contributed by atoms with van der Waals surface area (Å²) in [6.07, 6.45) is -0.277. The van der Waals surface area contributed by atoms with Crippen molar-refractivity contribution in [1.82, 2.24) is 4.90 Å². The number of amides is 1. The van der Waals surface area contributed by atoms with Crippen LogP contribution in [0.2, 0.25) is 5.02 Å². The van der Waals surface area contributed by atoms with Crippen LogP contribution in [0.15, 0.2) is 51.7 Å². The summed E-state index contributed by atoms with van der Waals surface area (Å²) in [6, 6.07) is 12.0. The van der Waals surface area contributed by atoms with Gasteiger partial charge >= 0.3 is 5.63 Å². The van der Waals surface area contributed by atoms with Crippen molar-refractivity contribution in [3.8, 4) is 17.2 Å². The zero-order valence-corrected chi connectivity index (χ0v) is 18.0. The molecule has 0 radical (unpaired) electrons. The van der Waals surface area contributed by atoms with Gasteiger partial charge in [-0.05, 0) is 37.6 Å². The zero-order valence-electron chi connectivity index (χ0n) is 17.2. The number of ether oxygens (including phenoxy) is 3. The number of likely N-dealkylation sites (N-methyl/N-ethyl adjacent to an activating group) is 1. The smallest absolute Gasteiger partial charge is 0.336 e. The molecule has 0 saturated carbocycles. The maximum atomic E-state index is 12.7. The number of benzene rings is 2. The Morgan fingerprint density at radius 3 is 2.77 bits per heavy atom. The summed E-state index contributed by atoms with van der Waals surface area (Å²) in [4.78, 5) is 26.0. The summed E-state index contributed by atoms with van der Waals surface area (Å²) in [6.45, 7) is 4.69. The van der Waals surface area contributed by atoms with Crippen LogP contribution in [-0.4, -0.2) is 43.2 Å². The number of rotatable bonds is 6. The van der Waals surface area contributed by atoms with Crippen molar-refractivity contribution in [3.05, 3.63) is 63.5 Å². The van der Waals surface area contributed by atoms with Crippen LogP contribution in [0.1, 0.15) is 12.5 Å². The van der Waals surface area contributed by atoms with Crippen molar-refractivity contribution in [1.29, 1.82) is 0 Å². The SMILES string of the molecule is CCN(C[C@@H]1COc2ccccc2O1)C(=O)COc1cc2oc(=O)cc(C)c2cc1Cl. The Labute approximate surface area is 184 Å². The molecule has 7 nitrogen and oxygen atoms in total. The van der Waals surface area contributed by atoms with Gasteiger partial charge in [-0.15, -0.1) is 0 Å². The van der Waals surface area contributed by atoms with E-state index in [1.165, 1.54) is 12.1 Å². The second-order valence-corrected chi connectivity index (χ2v) is 7.65. The highest BCUT2D eigenvalue weighted by Crippen LogP contribution is 2.32. The maximum absolute atomic E-state index is 12.7. The van der Waals surface area contributed by atoms with Crippen molar-refractivity contribution in [2.24, 2.45) is 0 Å². The number of hydrogen-bond donors (Lipinski definition) is 0. The summed E-state index contributed by atoms with van der Waals surface area (Å²) < 4.78 is 22.5. The molecule has 2 aromatic carbocycles. The van der Waals surface area contributed by atoms with E-state index in [0.717, 1.165) is 5.56 Å². The predicted molar refractivity (Wildman–Crippen MR) is 116 cm³/mol. The van der Waals surface area contributed by atoms with E-state index in [9.17, 15) is 9.59 Å². The Bertz CT molecular complexity index is 1170. The Kier molecular flexibility index (Phi) is 6.04. The molecule has 1 aliphatic rings. The summed E-state index contributed by atoms with van der Waals surface area (Å²) in [7, 11) is 0. The van der Waals surface area contributed by atoms with Crippen LogP contribution >= 0.6 is 11.6 Å². The molecule has 3 aromatic rings. The first-order valence-electron chi connectivity index (χ1n) is 9.97. The van der Waals surface area contributed by atoms with Crippen molar-refractivity contribution < 1.29 is 23.4 Å². The second-order valence-electron chi connectivity index (χ2n) is 7.25. The number of aryl methyl sites for hydroxylation is 1. The minimum absolute atomic E-state index is 0.209. The van der Waals surface area contributed by atoms with Gasteiger partial charge in [-0.1, -0.05) is 23.7 Å². The van der Waals surface area contributed by atoms with Crippen LogP contribution in [0.3, 0.4) is 0 Å². The summed E-state index contributed by atoms with van der Waals surface area (Å²) in [5.74, 6) is 1.42. The molecule has 31 heavy (non-hydrogen) atoms. The molecule has 0 aliphatic carbocycles. The molecule has 8 heteroatoms. The topological polar surface area (TPSA) is 78.2 Å². The Balaban J connectivity index is 1.41. The molecule has 162 valence electrons. The third-order valence-corrected chi connectivity index (χ3v) is 5.38. The summed E-state index contributed by atoms with van der Waals surface area (Å²) >= 11 is 6.31. The fraction of sp³-hybridized carbons (Fsp3) is 0.304. The molecule has 1 aromatic heterocycles. The van der Waals surface area contributed by atoms with Gasteiger partial charge in [-0.3, -0.25) is 4.79 Å². The highest BCUT2D eigenvalue weighted by Gasteiger charge is 2.25. The molecule has 1 amide bonds. The van der Waals surface area contributed by atoms with Crippen LogP contribution in [0.25, 0.3) is 11.0 Å². The predicted octanol–water partition coefficient (Wildman–Crippen LogP) is 3.82. The largest absolute Gasteiger partial charge is 0.486 e. The van der Waals surface area contributed by atoms with Crippen LogP contribution in [0, 0.1) is 6.92 Å². The van der Waals surface area contributed by atoms with Gasteiger partial charge in [0, 0.05) is 24.1 Å². The molecular formula is C23H22ClNO6. The number of halogens is 1. The fourth-order valence-electron chi connectivity index (χ4n) is 3.47. The van der Waals surface area contributed by atoms with E-state index in [1.54, 1.807) is 17.9 Å². The van der Waals surface area contributed by atoms with Crippen LogP contribution < -0.4 is 19.8 Å². The minimum atomic E-state index is -0.456. The molecule has 0 N–H and O–H groups in total. The number of para-hydroxylation sites is 2. The van der Waals surface area contributed by atoms with E-state index < -0.39 is 5.63 Å². The van der Waals surface area contributed by atoms with Crippen molar-refractivity contribution in [2.45, 2.75) is 20.0 Å². The number of carbonyl (C=O) groups is 1. The molecule has 0 unspecified atom stereocenters. The van der Waals surface area contributed by atoms with E-state index >= 15 is 0 Å². The molecular weight excluding hydrogens is 422 g/mol. The molecule has 0 spiro atoms. The number of hydrogen-bond acceptors (Lipinski definition) is 6. The average Bonchev–Trinajstić information content (AvgIpc) is 2.76. The molecule has 0 saturated heterocycles. The Hall–Kier alpha value is -3.19. The van der Waals surface area contributed by atoms with Gasteiger partial charge < -0.3 is 23.5 Å². The van der Waals surface area contributed by atoms with Gasteiger partial charge in [0.25, 0.3) is 5.91 Å². The second kappa shape index (κ2) is 8.89. The first kappa shape index (κ1) is 21.1. The van der Waals surface area contributed by atoms with Gasteiger partial charge in [-0.25, -0.2) is 4.79 Å². The van der Waals surface area contributed by atoms with E-state index in [4.69, 9.17) is 30.2 Å². The highest BCUT2D eigenvalue weighted by molar-refractivity contribution is 6.32. The number of nitrogens with zero attached hydrogens (tertiary/aromatic N) is 1. The average molecular weight is 444 g/mol. The van der Waals surface area contributed by atoms with Crippen LogP contribution in [0.5, 0.6) is 17.2 Å². The molecule has 0 bridgehead atoms. The first-order chi connectivity index (χ1) is 14.9. The van der Waals surface area contributed by atoms with Crippen LogP contribution in [-0.2, 0) is 4.79 Å². The summed E-state index contributed by atoms with van der Waals surface area (Å²) in [5, 5.41) is 1.05. The lowest BCUT2D eigenvalue weighted by Crippen LogP contribution is -2.45. The Morgan fingerprint density at radius 1 is 1.23 bits per heavy atom. The molecule has 1 aliphatic heterocycles. The standard InChI is InChI=1S/C23H22ClNO6/c1-3-25(11-15-12-28-18-6-4-5-7-19(18)30-15)22(26)13-29-21-10-20-16(9-17(21)24)14(2)8-23(27)31-20/h4-10,15H,3,11-13H2,1-2H3/t15-/m1/s1. The molecule has 2 heterocycles. The summed E-state index contributed by atoms with van der Waals surface area (Å²) in [5.41, 5.74) is 0.655. The quantitative estimate of drug-likeness (QED) is 0.539. The van der Waals surface area contributed by atoms with Crippen LogP contribution in [0.4, 0.5) is 0 Å². The maximum Gasteiger partial charge on any atom is 0.336 e. The van der Waals surface area contributed by atoms with E-state index in [-0.39, 0.29) is 24.4 Å². The van der Waals surface area contributed by atoms with Crippen molar-refractivity contribution in [3.63, 3.8) is 0 Å². The lowest BCUT2D eigenvalue weighted by Gasteiger charge is -2.30. The Morgan fingerprint density at radius 2 is 2.00 bits per heavy atom. The van der Waals surface area contributed by atoms with Gasteiger partial charge in [0.2, 0.25) is 0 Å². The normalized spacial score (nSPS) is 15.0. The molecule has 4 rings (SSSR count). The monoisotopic (exact) mass is 443 g/mol. The minimum Gasteiger partial charge on any atom is -0.486 e. The van der Waals surface area contributed by atoms with E-state index in [2.05, 4.69) is 0 Å². The lowest BCUT2D eigenvalue weighted by molar-refractivity contribution is -0.134. The van der Waals surface area contributed by atoms with E-state index in [1.807, 2.05) is 31.2 Å². The van der Waals surface area contributed by atoms with Gasteiger partial charge in [-0.2, -0.15) is 0 Å². The third-order valence-electron chi connectivity index (χ3n) is 5.08. The van der Waals surface area contributed by atoms with Gasteiger partial charge in [0.1, 0.15) is 17.9 Å². The fourth-order valence-corrected chi connectivity index (χ4v) is 3.69. The van der Waals surface area contributed by atoms with E-state index in [0.29, 0.717) is 47.2 Å². The van der Waals surface area contributed by atoms with Gasteiger partial charge in [0.15, 0.2) is 24.2 Å². The highest BCUT2D eigenvalue weighted by atomic mass is 35.5. The first-order valence-corrected chi connectivity index (χ1v) is 10.4. The molecule has 1 atom stereocenters. The number of carbonyl (C=O) groups excluding carboxylic acids is 1. The number of fused-ring (bicyclic) bond motifs is 2. The molecule has 0 fully saturated rings. The third kappa shape index (κ3) is 4.61. The zero-order chi connectivity index (χ0) is 22.0.